The lowest BCUT2D eigenvalue weighted by Crippen LogP contribution is -2.23. The molecule has 0 unspecified atom stereocenters. The van der Waals surface area contributed by atoms with Gasteiger partial charge in [-0.2, -0.15) is 0 Å². The quantitative estimate of drug-likeness (QED) is 0.802. The monoisotopic (exact) mass is 313 g/mol. The zero-order valence-corrected chi connectivity index (χ0v) is 12.9. The number of carbonyl (C=O) groups is 1. The Bertz CT molecular complexity index is 845. The minimum atomic E-state index is -0.103. The fraction of sp³-hybridized carbons (Fsp3) is 0.267. The van der Waals surface area contributed by atoms with Gasteiger partial charge in [0.25, 0.3) is 5.91 Å². The number of pyridine rings is 1. The van der Waals surface area contributed by atoms with Crippen LogP contribution in [-0.2, 0) is 13.1 Å². The van der Waals surface area contributed by atoms with Gasteiger partial charge in [-0.15, -0.1) is 0 Å². The Labute approximate surface area is 131 Å². The molecule has 1 aliphatic rings. The number of hydrogen-bond donors (Lipinski definition) is 1. The van der Waals surface area contributed by atoms with E-state index in [1.165, 1.54) is 0 Å². The summed E-state index contributed by atoms with van der Waals surface area (Å²) in [5.41, 5.74) is 3.29. The molecule has 3 aromatic rings. The molecule has 1 amide bonds. The first kappa shape index (κ1) is 13.4. The van der Waals surface area contributed by atoms with Crippen LogP contribution in [0.3, 0.4) is 0 Å². The highest BCUT2D eigenvalue weighted by Crippen LogP contribution is 2.24. The molecule has 22 heavy (non-hydrogen) atoms. The van der Waals surface area contributed by atoms with Crippen molar-refractivity contribution in [3.05, 3.63) is 47.7 Å². The summed E-state index contributed by atoms with van der Waals surface area (Å²) < 4.78 is 4.00. The third-order valence-electron chi connectivity index (χ3n) is 3.62. The number of aryl methyl sites for hydroxylation is 2. The molecule has 0 saturated carbocycles. The molecule has 6 nitrogen and oxygen atoms in total. The minimum absolute atomic E-state index is 0.103. The van der Waals surface area contributed by atoms with Crippen LogP contribution < -0.4 is 5.32 Å². The van der Waals surface area contributed by atoms with E-state index in [1.54, 1.807) is 24.0 Å². The molecule has 1 aliphatic heterocycles. The molecule has 112 valence electrons. The third-order valence-corrected chi connectivity index (χ3v) is 4.59. The number of fused-ring (bicyclic) bond motifs is 2. The Morgan fingerprint density at radius 2 is 2.23 bits per heavy atom. The van der Waals surface area contributed by atoms with Crippen molar-refractivity contribution in [1.29, 1.82) is 0 Å². The molecule has 0 aliphatic carbocycles. The summed E-state index contributed by atoms with van der Waals surface area (Å²) in [4.78, 5) is 21.1. The lowest BCUT2D eigenvalue weighted by Gasteiger charge is -2.04. The molecule has 0 bridgehead atoms. The van der Waals surface area contributed by atoms with Crippen molar-refractivity contribution < 1.29 is 4.79 Å². The van der Waals surface area contributed by atoms with Crippen molar-refractivity contribution >= 4 is 23.3 Å². The van der Waals surface area contributed by atoms with Crippen LogP contribution in [0, 0.1) is 6.92 Å². The summed E-state index contributed by atoms with van der Waals surface area (Å²) in [5, 5.41) is 3.96. The van der Waals surface area contributed by atoms with E-state index in [-0.39, 0.29) is 5.91 Å². The number of rotatable bonds is 3. The molecular weight excluding hydrogens is 298 g/mol. The van der Waals surface area contributed by atoms with Crippen molar-refractivity contribution in [3.63, 3.8) is 0 Å². The smallest absolute Gasteiger partial charge is 0.253 e. The maximum absolute atomic E-state index is 12.3. The van der Waals surface area contributed by atoms with Gasteiger partial charge in [-0.25, -0.2) is 9.97 Å². The van der Waals surface area contributed by atoms with E-state index in [2.05, 4.69) is 19.9 Å². The van der Waals surface area contributed by atoms with E-state index in [9.17, 15) is 4.79 Å². The molecule has 0 aromatic carbocycles. The zero-order chi connectivity index (χ0) is 15.1. The maximum atomic E-state index is 12.3. The molecule has 3 aromatic heterocycles. The number of carbonyl (C=O) groups excluding carboxylic acids is 1. The zero-order valence-electron chi connectivity index (χ0n) is 12.1. The highest BCUT2D eigenvalue weighted by molar-refractivity contribution is 7.99. The first-order valence-corrected chi connectivity index (χ1v) is 8.10. The van der Waals surface area contributed by atoms with Crippen molar-refractivity contribution in [2.45, 2.75) is 25.2 Å². The molecule has 1 N–H and O–H groups in total. The predicted molar refractivity (Wildman–Crippen MR) is 84.1 cm³/mol. The average molecular weight is 313 g/mol. The van der Waals surface area contributed by atoms with Gasteiger partial charge in [-0.05, 0) is 19.1 Å². The first-order valence-electron chi connectivity index (χ1n) is 7.11. The molecular formula is C15H15N5OS. The maximum Gasteiger partial charge on any atom is 0.253 e. The van der Waals surface area contributed by atoms with Gasteiger partial charge in [-0.3, -0.25) is 4.79 Å². The standard InChI is InChI=1S/C15H15N5OS/c1-10-7-20-8-11(2-3-13(20)17-10)14(21)16-6-12-9-19-4-5-22-15(19)18-12/h2-3,7-9H,4-6H2,1H3,(H,16,21). The van der Waals surface area contributed by atoms with Crippen molar-refractivity contribution in [3.8, 4) is 0 Å². The number of nitrogens with zero attached hydrogens (tertiary/aromatic N) is 4. The fourth-order valence-corrected chi connectivity index (χ4v) is 3.53. The Morgan fingerprint density at radius 3 is 3.09 bits per heavy atom. The first-order chi connectivity index (χ1) is 10.7. The molecule has 0 radical (unpaired) electrons. The average Bonchev–Trinajstić information content (AvgIpc) is 3.16. The highest BCUT2D eigenvalue weighted by atomic mass is 32.2. The van der Waals surface area contributed by atoms with Crippen molar-refractivity contribution in [2.75, 3.05) is 5.75 Å². The number of aromatic nitrogens is 4. The van der Waals surface area contributed by atoms with Gasteiger partial charge in [0.05, 0.1) is 23.5 Å². The summed E-state index contributed by atoms with van der Waals surface area (Å²) in [5.74, 6) is 0.980. The fourth-order valence-electron chi connectivity index (χ4n) is 2.57. The second kappa shape index (κ2) is 5.17. The summed E-state index contributed by atoms with van der Waals surface area (Å²) in [7, 11) is 0. The van der Waals surface area contributed by atoms with Gasteiger partial charge in [0.2, 0.25) is 0 Å². The Kier molecular flexibility index (Phi) is 3.15. The van der Waals surface area contributed by atoms with E-state index in [1.807, 2.05) is 29.8 Å². The molecule has 0 spiro atoms. The van der Waals surface area contributed by atoms with Gasteiger partial charge in [0.15, 0.2) is 5.16 Å². The number of thioether (sulfide) groups is 1. The molecule has 4 rings (SSSR count). The number of imidazole rings is 2. The minimum Gasteiger partial charge on any atom is -0.346 e. The van der Waals surface area contributed by atoms with Gasteiger partial charge < -0.3 is 14.3 Å². The Morgan fingerprint density at radius 1 is 1.32 bits per heavy atom. The van der Waals surface area contributed by atoms with E-state index in [0.29, 0.717) is 12.1 Å². The third kappa shape index (κ3) is 2.37. The summed E-state index contributed by atoms with van der Waals surface area (Å²) in [6, 6.07) is 3.64. The van der Waals surface area contributed by atoms with E-state index < -0.39 is 0 Å². The largest absolute Gasteiger partial charge is 0.346 e. The lowest BCUT2D eigenvalue weighted by atomic mass is 10.2. The van der Waals surface area contributed by atoms with Crippen LogP contribution in [0.5, 0.6) is 0 Å². The summed E-state index contributed by atoms with van der Waals surface area (Å²) in [6.45, 7) is 3.38. The van der Waals surface area contributed by atoms with Gasteiger partial charge in [0.1, 0.15) is 5.65 Å². The normalized spacial score (nSPS) is 13.5. The van der Waals surface area contributed by atoms with E-state index in [0.717, 1.165) is 34.5 Å². The highest BCUT2D eigenvalue weighted by Gasteiger charge is 2.15. The lowest BCUT2D eigenvalue weighted by molar-refractivity contribution is 0.0950. The molecule has 0 atom stereocenters. The molecule has 4 heterocycles. The van der Waals surface area contributed by atoms with Crippen LogP contribution in [0.4, 0.5) is 0 Å². The van der Waals surface area contributed by atoms with Crippen LogP contribution in [0.25, 0.3) is 5.65 Å². The number of nitrogens with one attached hydrogen (secondary N) is 1. The Hall–Kier alpha value is -2.28. The van der Waals surface area contributed by atoms with Crippen molar-refractivity contribution in [2.24, 2.45) is 0 Å². The van der Waals surface area contributed by atoms with Crippen LogP contribution in [0.2, 0.25) is 0 Å². The van der Waals surface area contributed by atoms with Gasteiger partial charge >= 0.3 is 0 Å². The summed E-state index contributed by atoms with van der Waals surface area (Å²) in [6.07, 6.45) is 5.72. The van der Waals surface area contributed by atoms with Gasteiger partial charge in [0, 0.05) is 30.9 Å². The van der Waals surface area contributed by atoms with Crippen molar-refractivity contribution in [1.82, 2.24) is 24.3 Å². The number of amides is 1. The SMILES string of the molecule is Cc1cn2cc(C(=O)NCc3cn4c(n3)SCC4)ccc2n1. The molecule has 7 heteroatoms. The Balaban J connectivity index is 1.48. The van der Waals surface area contributed by atoms with Crippen LogP contribution in [0.15, 0.2) is 35.9 Å². The van der Waals surface area contributed by atoms with Gasteiger partial charge in [-0.1, -0.05) is 11.8 Å². The van der Waals surface area contributed by atoms with Crippen LogP contribution in [0.1, 0.15) is 21.7 Å². The van der Waals surface area contributed by atoms with E-state index >= 15 is 0 Å². The van der Waals surface area contributed by atoms with Crippen LogP contribution in [-0.4, -0.2) is 30.6 Å². The second-order valence-corrected chi connectivity index (χ2v) is 6.37. The topological polar surface area (TPSA) is 64.2 Å². The summed E-state index contributed by atoms with van der Waals surface area (Å²) >= 11 is 1.75. The predicted octanol–water partition coefficient (Wildman–Crippen LogP) is 1.87. The molecule has 0 fully saturated rings. The van der Waals surface area contributed by atoms with Crippen LogP contribution >= 0.6 is 11.8 Å². The number of hydrogen-bond acceptors (Lipinski definition) is 4. The van der Waals surface area contributed by atoms with E-state index in [4.69, 9.17) is 0 Å². The molecule has 0 saturated heterocycles. The second-order valence-electron chi connectivity index (χ2n) is 5.30.